The molecule has 8 nitrogen and oxygen atoms in total. The number of amides is 1. The van der Waals surface area contributed by atoms with Gasteiger partial charge in [0.2, 0.25) is 5.60 Å². The van der Waals surface area contributed by atoms with Crippen LogP contribution in [0.15, 0.2) is 53.9 Å². The number of esters is 1. The van der Waals surface area contributed by atoms with Crippen LogP contribution in [0.25, 0.3) is 11.3 Å². The number of methoxy groups -OCH3 is 1. The molecular weight excluding hydrogens is 458 g/mol. The average molecular weight is 480 g/mol. The molecule has 0 radical (unpaired) electrons. The van der Waals surface area contributed by atoms with Crippen molar-refractivity contribution in [1.29, 1.82) is 0 Å². The summed E-state index contributed by atoms with van der Waals surface area (Å²) in [5, 5.41) is 6.47. The van der Waals surface area contributed by atoms with E-state index in [-0.39, 0.29) is 12.2 Å². The Morgan fingerprint density at radius 2 is 1.89 bits per heavy atom. The molecule has 0 saturated heterocycles. The van der Waals surface area contributed by atoms with Crippen molar-refractivity contribution in [1.82, 2.24) is 9.97 Å². The number of nitrogens with zero attached hydrogens (tertiary/aromatic N) is 3. The summed E-state index contributed by atoms with van der Waals surface area (Å²) in [6.45, 7) is 3.72. The average Bonchev–Trinajstić information content (AvgIpc) is 3.30. The third-order valence-corrected chi connectivity index (χ3v) is 5.84. The predicted molar refractivity (Wildman–Crippen MR) is 124 cm³/mol. The van der Waals surface area contributed by atoms with Crippen LogP contribution in [0.3, 0.4) is 0 Å². The number of hydrogen-bond acceptors (Lipinski definition) is 7. The smallest absolute Gasteiger partial charge is 0.353 e. The molecule has 0 fully saturated rings. The number of aryl methyl sites for hydroxylation is 1. The van der Waals surface area contributed by atoms with Gasteiger partial charge in [0.15, 0.2) is 5.82 Å². The van der Waals surface area contributed by atoms with Gasteiger partial charge in [0.05, 0.1) is 30.9 Å². The molecule has 3 aromatic rings. The van der Waals surface area contributed by atoms with Gasteiger partial charge in [0, 0.05) is 17.5 Å². The van der Waals surface area contributed by atoms with Crippen molar-refractivity contribution in [3.63, 3.8) is 0 Å². The number of carbonyl (C=O) groups is 2. The highest BCUT2D eigenvalue weighted by molar-refractivity contribution is 6.06. The van der Waals surface area contributed by atoms with Crippen molar-refractivity contribution in [2.24, 2.45) is 5.16 Å². The van der Waals surface area contributed by atoms with E-state index in [4.69, 9.17) is 9.57 Å². The Hall–Kier alpha value is -4.21. The van der Waals surface area contributed by atoms with Crippen LogP contribution in [-0.4, -0.2) is 40.3 Å². The highest BCUT2D eigenvalue weighted by Gasteiger charge is 2.46. The van der Waals surface area contributed by atoms with E-state index in [2.05, 4.69) is 20.4 Å². The molecule has 0 aliphatic carbocycles. The monoisotopic (exact) mass is 480 g/mol. The summed E-state index contributed by atoms with van der Waals surface area (Å²) in [6.07, 6.45) is 3.41. The van der Waals surface area contributed by atoms with Crippen LogP contribution in [-0.2, 0) is 14.4 Å². The van der Waals surface area contributed by atoms with Gasteiger partial charge in [-0.3, -0.25) is 9.78 Å². The second-order valence-corrected chi connectivity index (χ2v) is 8.01. The minimum atomic E-state index is -1.15. The van der Waals surface area contributed by atoms with Gasteiger partial charge in [-0.1, -0.05) is 30.3 Å². The number of ether oxygens (including phenoxy) is 1. The van der Waals surface area contributed by atoms with Crippen molar-refractivity contribution in [3.05, 3.63) is 77.1 Å². The molecule has 4 rings (SSSR count). The van der Waals surface area contributed by atoms with Crippen LogP contribution in [0.4, 0.5) is 14.6 Å². The fourth-order valence-corrected chi connectivity index (χ4v) is 3.76. The van der Waals surface area contributed by atoms with E-state index in [0.29, 0.717) is 17.8 Å². The lowest BCUT2D eigenvalue weighted by Gasteiger charge is -2.21. The summed E-state index contributed by atoms with van der Waals surface area (Å²) in [5.74, 6) is -3.36. The van der Waals surface area contributed by atoms with Crippen molar-refractivity contribution in [3.8, 4) is 11.3 Å². The van der Waals surface area contributed by atoms with Gasteiger partial charge in [0.1, 0.15) is 17.2 Å². The molecule has 2 aromatic carbocycles. The second kappa shape index (κ2) is 9.57. The van der Waals surface area contributed by atoms with E-state index >= 15 is 0 Å². The normalized spacial score (nSPS) is 16.9. The number of anilines is 1. The van der Waals surface area contributed by atoms with Crippen LogP contribution in [0.2, 0.25) is 0 Å². The fourth-order valence-electron chi connectivity index (χ4n) is 3.76. The number of nitrogens with one attached hydrogen (secondary N) is 1. The summed E-state index contributed by atoms with van der Waals surface area (Å²) >= 11 is 0. The molecule has 1 atom stereocenters. The second-order valence-electron chi connectivity index (χ2n) is 8.01. The maximum atomic E-state index is 13.9. The van der Waals surface area contributed by atoms with Crippen molar-refractivity contribution >= 4 is 23.4 Å². The zero-order valence-electron chi connectivity index (χ0n) is 19.3. The lowest BCUT2D eigenvalue weighted by atomic mass is 9.90. The minimum absolute atomic E-state index is 0.0367. The van der Waals surface area contributed by atoms with E-state index in [0.717, 1.165) is 28.8 Å². The molecule has 0 bridgehead atoms. The SMILES string of the molecule is CCC1(C(=O)OC)CC(c2ccc(C)c(-c3cnc(NC(=O)c4c(F)cccc4F)cn3)c2)=NO1. The number of halogens is 2. The Balaban J connectivity index is 1.55. The van der Waals surface area contributed by atoms with Crippen LogP contribution in [0, 0.1) is 18.6 Å². The highest BCUT2D eigenvalue weighted by Crippen LogP contribution is 2.33. The number of hydrogen-bond donors (Lipinski definition) is 1. The predicted octanol–water partition coefficient (Wildman–Crippen LogP) is 4.43. The first kappa shape index (κ1) is 23.9. The van der Waals surface area contributed by atoms with E-state index < -0.39 is 34.7 Å². The molecule has 2 heterocycles. The molecule has 1 aliphatic rings. The molecule has 35 heavy (non-hydrogen) atoms. The van der Waals surface area contributed by atoms with Crippen LogP contribution in [0.1, 0.15) is 41.3 Å². The molecule has 1 N–H and O–H groups in total. The van der Waals surface area contributed by atoms with Gasteiger partial charge in [0.25, 0.3) is 5.91 Å². The summed E-state index contributed by atoms with van der Waals surface area (Å²) < 4.78 is 32.6. The molecule has 1 unspecified atom stereocenters. The van der Waals surface area contributed by atoms with Gasteiger partial charge >= 0.3 is 5.97 Å². The van der Waals surface area contributed by atoms with Crippen LogP contribution >= 0.6 is 0 Å². The summed E-state index contributed by atoms with van der Waals surface area (Å²) in [4.78, 5) is 38.5. The molecule has 10 heteroatoms. The fraction of sp³-hybridized carbons (Fsp3) is 0.240. The molecular formula is C25H22F2N4O4. The Bertz CT molecular complexity index is 1310. The van der Waals surface area contributed by atoms with Crippen LogP contribution < -0.4 is 5.32 Å². The molecule has 0 spiro atoms. The summed E-state index contributed by atoms with van der Waals surface area (Å²) in [6, 6.07) is 8.78. The first-order chi connectivity index (χ1) is 16.8. The third-order valence-electron chi connectivity index (χ3n) is 5.84. The van der Waals surface area contributed by atoms with Gasteiger partial charge < -0.3 is 14.9 Å². The van der Waals surface area contributed by atoms with Gasteiger partial charge in [-0.15, -0.1) is 0 Å². The van der Waals surface area contributed by atoms with Crippen LogP contribution in [0.5, 0.6) is 0 Å². The van der Waals surface area contributed by atoms with Gasteiger partial charge in [-0.25, -0.2) is 18.6 Å². The molecule has 1 amide bonds. The molecule has 0 saturated carbocycles. The van der Waals surface area contributed by atoms with E-state index in [1.807, 2.05) is 32.0 Å². The van der Waals surface area contributed by atoms with Crippen molar-refractivity contribution < 1.29 is 27.9 Å². The standard InChI is InChI=1S/C25H22F2N4O4/c1-4-25(24(33)34-3)11-19(31-35-25)15-9-8-14(2)16(10-15)20-12-29-21(13-28-20)30-23(32)22-17(26)6-5-7-18(22)27/h5-10,12-13H,4,11H2,1-3H3,(H,29,30,32). The van der Waals surface area contributed by atoms with E-state index in [9.17, 15) is 18.4 Å². The maximum absolute atomic E-state index is 13.9. The third kappa shape index (κ3) is 4.59. The minimum Gasteiger partial charge on any atom is -0.466 e. The first-order valence-electron chi connectivity index (χ1n) is 10.8. The Labute approximate surface area is 200 Å². The Morgan fingerprint density at radius 1 is 1.14 bits per heavy atom. The van der Waals surface area contributed by atoms with E-state index in [1.54, 1.807) is 0 Å². The number of benzene rings is 2. The maximum Gasteiger partial charge on any atom is 0.353 e. The Kier molecular flexibility index (Phi) is 6.54. The lowest BCUT2D eigenvalue weighted by Crippen LogP contribution is -2.39. The van der Waals surface area contributed by atoms with Crippen molar-refractivity contribution in [2.75, 3.05) is 12.4 Å². The zero-order valence-corrected chi connectivity index (χ0v) is 19.3. The lowest BCUT2D eigenvalue weighted by molar-refractivity contribution is -0.166. The zero-order chi connectivity index (χ0) is 25.2. The summed E-state index contributed by atoms with van der Waals surface area (Å²) in [7, 11) is 1.31. The number of oxime groups is 1. The number of carbonyl (C=O) groups excluding carboxylic acids is 2. The van der Waals surface area contributed by atoms with Gasteiger partial charge in [-0.05, 0) is 37.1 Å². The Morgan fingerprint density at radius 3 is 2.51 bits per heavy atom. The first-order valence-corrected chi connectivity index (χ1v) is 10.8. The summed E-state index contributed by atoms with van der Waals surface area (Å²) in [5.41, 5.74) is 1.67. The molecule has 1 aromatic heterocycles. The quantitative estimate of drug-likeness (QED) is 0.524. The van der Waals surface area contributed by atoms with Gasteiger partial charge in [-0.2, -0.15) is 0 Å². The number of aromatic nitrogens is 2. The van der Waals surface area contributed by atoms with Crippen molar-refractivity contribution in [2.45, 2.75) is 32.3 Å². The molecule has 180 valence electrons. The molecule has 1 aliphatic heterocycles. The van der Waals surface area contributed by atoms with E-state index in [1.165, 1.54) is 25.6 Å². The topological polar surface area (TPSA) is 103 Å². The number of rotatable bonds is 6. The highest BCUT2D eigenvalue weighted by atomic mass is 19.1. The largest absolute Gasteiger partial charge is 0.466 e.